The number of carbonyl (C=O) groups is 1. The van der Waals surface area contributed by atoms with E-state index in [1.807, 2.05) is 38.1 Å². The standard InChI is InChI=1S/C19H27NO2S/c1-4-14-22-16-10-12-17(13-11-16)23-19(2,3)18(21)20-15-8-6-5-7-9-15/h4,10-13,15H,1,5-9,14H2,2-3H3,(H,20,21). The van der Waals surface area contributed by atoms with Crippen molar-refractivity contribution in [3.8, 4) is 5.75 Å². The molecule has 1 amide bonds. The van der Waals surface area contributed by atoms with Crippen LogP contribution >= 0.6 is 11.8 Å². The van der Waals surface area contributed by atoms with E-state index in [1.54, 1.807) is 17.8 Å². The van der Waals surface area contributed by atoms with E-state index >= 15 is 0 Å². The normalized spacial score (nSPS) is 15.9. The van der Waals surface area contributed by atoms with Gasteiger partial charge in [0, 0.05) is 10.9 Å². The SMILES string of the molecule is C=CCOc1ccc(SC(C)(C)C(=O)NC2CCCCC2)cc1. The number of carbonyl (C=O) groups excluding carboxylic acids is 1. The summed E-state index contributed by atoms with van der Waals surface area (Å²) in [5.41, 5.74) is 0. The first kappa shape index (κ1) is 17.9. The zero-order chi connectivity index (χ0) is 16.7. The molecule has 0 saturated heterocycles. The van der Waals surface area contributed by atoms with Crippen molar-refractivity contribution in [2.24, 2.45) is 0 Å². The lowest BCUT2D eigenvalue weighted by molar-refractivity contribution is -0.123. The second kappa shape index (κ2) is 8.44. The number of amides is 1. The predicted octanol–water partition coefficient (Wildman–Crippen LogP) is 4.57. The molecule has 2 rings (SSSR count). The lowest BCUT2D eigenvalue weighted by Crippen LogP contribution is -2.45. The molecule has 0 radical (unpaired) electrons. The molecule has 0 aromatic heterocycles. The number of hydrogen-bond acceptors (Lipinski definition) is 3. The molecule has 0 aliphatic heterocycles. The Morgan fingerprint density at radius 1 is 1.30 bits per heavy atom. The fourth-order valence-corrected chi connectivity index (χ4v) is 3.72. The second-order valence-electron chi connectivity index (χ2n) is 6.49. The van der Waals surface area contributed by atoms with Crippen molar-refractivity contribution in [1.29, 1.82) is 0 Å². The molecule has 1 aliphatic rings. The number of nitrogens with one attached hydrogen (secondary N) is 1. The molecule has 1 aromatic carbocycles. The summed E-state index contributed by atoms with van der Waals surface area (Å²) in [7, 11) is 0. The van der Waals surface area contributed by atoms with Crippen molar-refractivity contribution in [3.05, 3.63) is 36.9 Å². The Morgan fingerprint density at radius 3 is 2.57 bits per heavy atom. The Labute approximate surface area is 143 Å². The van der Waals surface area contributed by atoms with Crippen molar-refractivity contribution < 1.29 is 9.53 Å². The number of benzene rings is 1. The molecular formula is C19H27NO2S. The average molecular weight is 333 g/mol. The molecule has 1 aromatic rings. The second-order valence-corrected chi connectivity index (χ2v) is 8.19. The zero-order valence-electron chi connectivity index (χ0n) is 14.1. The van der Waals surface area contributed by atoms with Gasteiger partial charge in [0.05, 0.1) is 4.75 Å². The van der Waals surface area contributed by atoms with Gasteiger partial charge in [-0.3, -0.25) is 4.79 Å². The average Bonchev–Trinajstić information content (AvgIpc) is 2.55. The van der Waals surface area contributed by atoms with Crippen molar-refractivity contribution in [2.75, 3.05) is 6.61 Å². The van der Waals surface area contributed by atoms with Gasteiger partial charge in [0.1, 0.15) is 12.4 Å². The van der Waals surface area contributed by atoms with E-state index < -0.39 is 4.75 Å². The van der Waals surface area contributed by atoms with Crippen LogP contribution in [-0.2, 0) is 4.79 Å². The van der Waals surface area contributed by atoms with Gasteiger partial charge in [0.15, 0.2) is 0 Å². The first-order valence-corrected chi connectivity index (χ1v) is 9.16. The van der Waals surface area contributed by atoms with Crippen molar-refractivity contribution in [2.45, 2.75) is 61.6 Å². The molecule has 0 spiro atoms. The summed E-state index contributed by atoms with van der Waals surface area (Å²) in [5.74, 6) is 0.945. The van der Waals surface area contributed by atoms with Crippen molar-refractivity contribution >= 4 is 17.7 Å². The van der Waals surface area contributed by atoms with E-state index in [0.29, 0.717) is 12.6 Å². The highest BCUT2D eigenvalue weighted by molar-refractivity contribution is 8.01. The van der Waals surface area contributed by atoms with E-state index in [0.717, 1.165) is 23.5 Å². The van der Waals surface area contributed by atoms with Gasteiger partial charge in [-0.1, -0.05) is 31.9 Å². The summed E-state index contributed by atoms with van der Waals surface area (Å²) < 4.78 is 5.00. The highest BCUT2D eigenvalue weighted by Gasteiger charge is 2.30. The molecular weight excluding hydrogens is 306 g/mol. The number of hydrogen-bond donors (Lipinski definition) is 1. The van der Waals surface area contributed by atoms with E-state index in [1.165, 1.54) is 19.3 Å². The summed E-state index contributed by atoms with van der Waals surface area (Å²) in [6, 6.07) is 8.21. The van der Waals surface area contributed by atoms with Gasteiger partial charge in [0.2, 0.25) is 5.91 Å². The third-order valence-electron chi connectivity index (χ3n) is 4.05. The van der Waals surface area contributed by atoms with Gasteiger partial charge in [-0.15, -0.1) is 11.8 Å². The molecule has 23 heavy (non-hydrogen) atoms. The van der Waals surface area contributed by atoms with Gasteiger partial charge in [0.25, 0.3) is 0 Å². The highest BCUT2D eigenvalue weighted by Crippen LogP contribution is 2.34. The monoisotopic (exact) mass is 333 g/mol. The number of thioether (sulfide) groups is 1. The van der Waals surface area contributed by atoms with Gasteiger partial charge in [-0.2, -0.15) is 0 Å². The Balaban J connectivity index is 1.90. The molecule has 0 bridgehead atoms. The predicted molar refractivity (Wildman–Crippen MR) is 97.1 cm³/mol. The highest BCUT2D eigenvalue weighted by atomic mass is 32.2. The third-order valence-corrected chi connectivity index (χ3v) is 5.26. The summed E-state index contributed by atoms with van der Waals surface area (Å²) in [5, 5.41) is 3.22. The van der Waals surface area contributed by atoms with Crippen LogP contribution in [0.3, 0.4) is 0 Å². The molecule has 0 atom stereocenters. The van der Waals surface area contributed by atoms with Crippen LogP contribution in [0.15, 0.2) is 41.8 Å². The molecule has 1 saturated carbocycles. The summed E-state index contributed by atoms with van der Waals surface area (Å²) in [4.78, 5) is 13.6. The first-order chi connectivity index (χ1) is 11.0. The van der Waals surface area contributed by atoms with E-state index in [-0.39, 0.29) is 5.91 Å². The van der Waals surface area contributed by atoms with E-state index in [2.05, 4.69) is 11.9 Å². The lowest BCUT2D eigenvalue weighted by atomic mass is 9.95. The molecule has 1 N–H and O–H groups in total. The van der Waals surface area contributed by atoms with Crippen LogP contribution in [0.5, 0.6) is 5.75 Å². The van der Waals surface area contributed by atoms with E-state index in [4.69, 9.17) is 4.74 Å². The maximum atomic E-state index is 12.6. The zero-order valence-corrected chi connectivity index (χ0v) is 15.0. The molecule has 1 aliphatic carbocycles. The molecule has 4 heteroatoms. The van der Waals surface area contributed by atoms with Crippen molar-refractivity contribution in [3.63, 3.8) is 0 Å². The minimum absolute atomic E-state index is 0.126. The number of ether oxygens (including phenoxy) is 1. The van der Waals surface area contributed by atoms with Gasteiger partial charge >= 0.3 is 0 Å². The molecule has 1 fully saturated rings. The Hall–Kier alpha value is -1.42. The molecule has 126 valence electrons. The van der Waals surface area contributed by atoms with Crippen LogP contribution in [0.2, 0.25) is 0 Å². The summed E-state index contributed by atoms with van der Waals surface area (Å²) in [6.07, 6.45) is 7.70. The third kappa shape index (κ3) is 5.61. The summed E-state index contributed by atoms with van der Waals surface area (Å²) >= 11 is 1.59. The maximum absolute atomic E-state index is 12.6. The van der Waals surface area contributed by atoms with Crippen LogP contribution in [0, 0.1) is 0 Å². The maximum Gasteiger partial charge on any atom is 0.236 e. The van der Waals surface area contributed by atoms with Gasteiger partial charge in [-0.25, -0.2) is 0 Å². The first-order valence-electron chi connectivity index (χ1n) is 8.35. The van der Waals surface area contributed by atoms with Gasteiger partial charge in [-0.05, 0) is 51.0 Å². The lowest BCUT2D eigenvalue weighted by Gasteiger charge is -2.29. The van der Waals surface area contributed by atoms with Crippen molar-refractivity contribution in [1.82, 2.24) is 5.32 Å². The van der Waals surface area contributed by atoms with Crippen LogP contribution in [-0.4, -0.2) is 23.3 Å². The minimum Gasteiger partial charge on any atom is -0.490 e. The summed E-state index contributed by atoms with van der Waals surface area (Å²) in [6.45, 7) is 8.11. The van der Waals surface area contributed by atoms with Crippen LogP contribution < -0.4 is 10.1 Å². The fraction of sp³-hybridized carbons (Fsp3) is 0.526. The topological polar surface area (TPSA) is 38.3 Å². The minimum atomic E-state index is -0.485. The number of rotatable bonds is 7. The van der Waals surface area contributed by atoms with E-state index in [9.17, 15) is 4.79 Å². The fourth-order valence-electron chi connectivity index (χ4n) is 2.71. The van der Waals surface area contributed by atoms with Crippen LogP contribution in [0.1, 0.15) is 46.0 Å². The Morgan fingerprint density at radius 2 is 1.96 bits per heavy atom. The quantitative estimate of drug-likeness (QED) is 0.587. The Kier molecular flexibility index (Phi) is 6.58. The van der Waals surface area contributed by atoms with Gasteiger partial charge < -0.3 is 10.1 Å². The van der Waals surface area contributed by atoms with Crippen LogP contribution in [0.25, 0.3) is 0 Å². The van der Waals surface area contributed by atoms with Crippen LogP contribution in [0.4, 0.5) is 0 Å². The Bertz CT molecular complexity index is 519. The molecule has 3 nitrogen and oxygen atoms in total. The largest absolute Gasteiger partial charge is 0.490 e. The molecule has 0 unspecified atom stereocenters. The molecule has 0 heterocycles. The smallest absolute Gasteiger partial charge is 0.236 e.